The Kier molecular flexibility index (Phi) is 3.12. The van der Waals surface area contributed by atoms with Gasteiger partial charge in [0.1, 0.15) is 0 Å². The number of nitrogens with zero attached hydrogens (tertiary/aromatic N) is 5. The van der Waals surface area contributed by atoms with Gasteiger partial charge in [0.25, 0.3) is 0 Å². The van der Waals surface area contributed by atoms with Gasteiger partial charge in [0.15, 0.2) is 17.0 Å². The summed E-state index contributed by atoms with van der Waals surface area (Å²) in [5.41, 5.74) is 2.18. The van der Waals surface area contributed by atoms with Gasteiger partial charge in [-0.15, -0.1) is 0 Å². The van der Waals surface area contributed by atoms with Gasteiger partial charge < -0.3 is 10.2 Å². The molecular formula is C14H14N6. The molecule has 3 rings (SSSR count). The highest BCUT2D eigenvalue weighted by molar-refractivity contribution is 5.85. The van der Waals surface area contributed by atoms with Crippen molar-refractivity contribution in [2.75, 3.05) is 24.3 Å². The van der Waals surface area contributed by atoms with E-state index in [-0.39, 0.29) is 0 Å². The maximum Gasteiger partial charge on any atom is 0.228 e. The van der Waals surface area contributed by atoms with Crippen LogP contribution in [-0.4, -0.2) is 34.0 Å². The molecule has 1 N–H and O–H groups in total. The fourth-order valence-electron chi connectivity index (χ4n) is 1.80. The minimum absolute atomic E-state index is 0.574. The molecule has 0 radical (unpaired) electrons. The van der Waals surface area contributed by atoms with Crippen molar-refractivity contribution < 1.29 is 0 Å². The SMILES string of the molecule is CN(C)c1nc(Nc2ccccc2)c2nccnc2n1. The number of anilines is 3. The molecule has 0 fully saturated rings. The molecule has 2 aromatic heterocycles. The van der Waals surface area contributed by atoms with Crippen LogP contribution in [0.4, 0.5) is 17.5 Å². The van der Waals surface area contributed by atoms with E-state index in [1.165, 1.54) is 0 Å². The number of hydrogen-bond donors (Lipinski definition) is 1. The number of hydrogen-bond acceptors (Lipinski definition) is 6. The number of para-hydroxylation sites is 1. The summed E-state index contributed by atoms with van der Waals surface area (Å²) in [6, 6.07) is 9.84. The molecule has 20 heavy (non-hydrogen) atoms. The lowest BCUT2D eigenvalue weighted by Crippen LogP contribution is -2.14. The second-order valence-electron chi connectivity index (χ2n) is 4.49. The third-order valence-corrected chi connectivity index (χ3v) is 2.76. The predicted molar refractivity (Wildman–Crippen MR) is 79.2 cm³/mol. The Morgan fingerprint density at radius 3 is 2.45 bits per heavy atom. The van der Waals surface area contributed by atoms with Crippen LogP contribution in [0.15, 0.2) is 42.7 Å². The van der Waals surface area contributed by atoms with Gasteiger partial charge in [0.2, 0.25) is 5.95 Å². The predicted octanol–water partition coefficient (Wildman–Crippen LogP) is 2.23. The summed E-state index contributed by atoms with van der Waals surface area (Å²) in [5.74, 6) is 1.24. The molecule has 100 valence electrons. The zero-order chi connectivity index (χ0) is 13.9. The molecule has 0 bridgehead atoms. The van der Waals surface area contributed by atoms with E-state index in [2.05, 4.69) is 25.3 Å². The Balaban J connectivity index is 2.12. The monoisotopic (exact) mass is 266 g/mol. The molecule has 0 aliphatic rings. The Morgan fingerprint density at radius 2 is 1.70 bits per heavy atom. The summed E-state index contributed by atoms with van der Waals surface area (Å²) in [6.07, 6.45) is 3.26. The van der Waals surface area contributed by atoms with E-state index >= 15 is 0 Å². The fourth-order valence-corrected chi connectivity index (χ4v) is 1.80. The summed E-state index contributed by atoms with van der Waals surface area (Å²) in [4.78, 5) is 19.3. The first-order valence-electron chi connectivity index (χ1n) is 6.22. The molecule has 0 amide bonds. The summed E-state index contributed by atoms with van der Waals surface area (Å²) < 4.78 is 0. The lowest BCUT2D eigenvalue weighted by atomic mass is 10.3. The van der Waals surface area contributed by atoms with Crippen LogP contribution >= 0.6 is 0 Å². The average molecular weight is 266 g/mol. The minimum atomic E-state index is 0.574. The Labute approximate surface area is 116 Å². The molecule has 6 nitrogen and oxygen atoms in total. The van der Waals surface area contributed by atoms with Crippen molar-refractivity contribution in [3.8, 4) is 0 Å². The number of nitrogens with one attached hydrogen (secondary N) is 1. The van der Waals surface area contributed by atoms with E-state index in [1.54, 1.807) is 12.4 Å². The lowest BCUT2D eigenvalue weighted by molar-refractivity contribution is 1.01. The zero-order valence-electron chi connectivity index (χ0n) is 11.3. The molecule has 6 heteroatoms. The largest absolute Gasteiger partial charge is 0.347 e. The van der Waals surface area contributed by atoms with Crippen molar-refractivity contribution in [1.82, 2.24) is 19.9 Å². The number of aromatic nitrogens is 4. The van der Waals surface area contributed by atoms with Crippen molar-refractivity contribution in [1.29, 1.82) is 0 Å². The molecule has 0 aliphatic carbocycles. The van der Waals surface area contributed by atoms with E-state index in [9.17, 15) is 0 Å². The van der Waals surface area contributed by atoms with E-state index in [0.717, 1.165) is 5.69 Å². The number of rotatable bonds is 3. The normalized spacial score (nSPS) is 10.5. The highest BCUT2D eigenvalue weighted by Crippen LogP contribution is 2.22. The van der Waals surface area contributed by atoms with Gasteiger partial charge in [-0.3, -0.25) is 0 Å². The van der Waals surface area contributed by atoms with Crippen molar-refractivity contribution in [3.05, 3.63) is 42.7 Å². The average Bonchev–Trinajstić information content (AvgIpc) is 2.48. The van der Waals surface area contributed by atoms with Crippen LogP contribution in [0.1, 0.15) is 0 Å². The molecule has 0 spiro atoms. The number of benzene rings is 1. The van der Waals surface area contributed by atoms with Gasteiger partial charge >= 0.3 is 0 Å². The van der Waals surface area contributed by atoms with Crippen molar-refractivity contribution in [3.63, 3.8) is 0 Å². The van der Waals surface area contributed by atoms with Gasteiger partial charge in [-0.05, 0) is 12.1 Å². The summed E-state index contributed by atoms with van der Waals surface area (Å²) in [7, 11) is 3.79. The Hall–Kier alpha value is -2.76. The van der Waals surface area contributed by atoms with Crippen molar-refractivity contribution in [2.24, 2.45) is 0 Å². The second kappa shape index (κ2) is 5.08. The van der Waals surface area contributed by atoms with E-state index in [1.807, 2.05) is 49.3 Å². The smallest absolute Gasteiger partial charge is 0.228 e. The summed E-state index contributed by atoms with van der Waals surface area (Å²) in [6.45, 7) is 0. The quantitative estimate of drug-likeness (QED) is 0.784. The highest BCUT2D eigenvalue weighted by atomic mass is 15.2. The van der Waals surface area contributed by atoms with Crippen LogP contribution in [0, 0.1) is 0 Å². The van der Waals surface area contributed by atoms with E-state index < -0.39 is 0 Å². The summed E-state index contributed by atoms with van der Waals surface area (Å²) >= 11 is 0. The molecule has 0 unspecified atom stereocenters. The maximum atomic E-state index is 4.50. The van der Waals surface area contributed by atoms with Crippen LogP contribution in [0.2, 0.25) is 0 Å². The van der Waals surface area contributed by atoms with E-state index in [4.69, 9.17) is 0 Å². The highest BCUT2D eigenvalue weighted by Gasteiger charge is 2.11. The minimum Gasteiger partial charge on any atom is -0.347 e. The molecule has 1 aromatic carbocycles. The van der Waals surface area contributed by atoms with Crippen LogP contribution in [-0.2, 0) is 0 Å². The topological polar surface area (TPSA) is 66.8 Å². The third-order valence-electron chi connectivity index (χ3n) is 2.76. The van der Waals surface area contributed by atoms with Crippen LogP contribution in [0.5, 0.6) is 0 Å². The summed E-state index contributed by atoms with van der Waals surface area (Å²) in [5, 5.41) is 3.26. The van der Waals surface area contributed by atoms with Crippen LogP contribution < -0.4 is 10.2 Å². The van der Waals surface area contributed by atoms with Gasteiger partial charge in [-0.1, -0.05) is 18.2 Å². The molecule has 0 aliphatic heterocycles. The molecule has 2 heterocycles. The Bertz CT molecular complexity index is 726. The van der Waals surface area contributed by atoms with Crippen LogP contribution in [0.3, 0.4) is 0 Å². The van der Waals surface area contributed by atoms with Crippen molar-refractivity contribution >= 4 is 28.6 Å². The maximum absolute atomic E-state index is 4.50. The van der Waals surface area contributed by atoms with Crippen molar-refractivity contribution in [2.45, 2.75) is 0 Å². The third kappa shape index (κ3) is 2.35. The Morgan fingerprint density at radius 1 is 0.950 bits per heavy atom. The van der Waals surface area contributed by atoms with Gasteiger partial charge in [0.05, 0.1) is 0 Å². The van der Waals surface area contributed by atoms with Gasteiger partial charge in [-0.25, -0.2) is 9.97 Å². The first-order valence-corrected chi connectivity index (χ1v) is 6.22. The standard InChI is InChI=1S/C14H14N6/c1-20(2)14-18-12-11(15-8-9-16-12)13(19-14)17-10-6-4-3-5-7-10/h3-9H,1-2H3,(H,16,17,18,19). The number of fused-ring (bicyclic) bond motifs is 1. The lowest BCUT2D eigenvalue weighted by Gasteiger charge is -2.13. The zero-order valence-corrected chi connectivity index (χ0v) is 11.3. The first-order chi connectivity index (χ1) is 9.74. The molecule has 0 saturated carbocycles. The van der Waals surface area contributed by atoms with Gasteiger partial charge in [0, 0.05) is 32.2 Å². The van der Waals surface area contributed by atoms with Gasteiger partial charge in [-0.2, -0.15) is 9.97 Å². The molecule has 0 saturated heterocycles. The first kappa shape index (κ1) is 12.3. The van der Waals surface area contributed by atoms with E-state index in [0.29, 0.717) is 22.9 Å². The molecular weight excluding hydrogens is 252 g/mol. The fraction of sp³-hybridized carbons (Fsp3) is 0.143. The molecule has 3 aromatic rings. The molecule has 0 atom stereocenters. The van der Waals surface area contributed by atoms with Crippen LogP contribution in [0.25, 0.3) is 11.2 Å². The second-order valence-corrected chi connectivity index (χ2v) is 4.49.